The first-order valence-electron chi connectivity index (χ1n) is 24.5. The molecule has 3 saturated carbocycles. The van der Waals surface area contributed by atoms with Crippen LogP contribution in [-0.4, -0.2) is 209 Å². The lowest BCUT2D eigenvalue weighted by Gasteiger charge is -2.65. The predicted octanol–water partition coefficient (Wildman–Crippen LogP) is -1.88. The van der Waals surface area contributed by atoms with Gasteiger partial charge in [-0.1, -0.05) is 46.3 Å². The van der Waals surface area contributed by atoms with Gasteiger partial charge in [-0.15, -0.1) is 0 Å². The number of carbonyl (C=O) groups is 1. The third-order valence-electron chi connectivity index (χ3n) is 18.4. The number of allylic oxidation sites excluding steroid dienone is 1. The number of ketones is 1. The molecule has 0 aromatic carbocycles. The van der Waals surface area contributed by atoms with Crippen LogP contribution < -0.4 is 0 Å². The van der Waals surface area contributed by atoms with Gasteiger partial charge in [0.05, 0.1) is 49.7 Å². The van der Waals surface area contributed by atoms with Crippen molar-refractivity contribution in [2.45, 2.75) is 210 Å². The normalized spacial score (nSPS) is 49.3. The van der Waals surface area contributed by atoms with E-state index in [2.05, 4.69) is 26.8 Å². The number of hydrogen-bond acceptors (Lipinski definition) is 20. The summed E-state index contributed by atoms with van der Waals surface area (Å²) in [7, 11) is 0. The molecule has 24 atom stereocenters. The number of carbonyl (C=O) groups excluding carboxylic acids is 1. The number of fused-ring (bicyclic) bond motifs is 5. The highest BCUT2D eigenvalue weighted by molar-refractivity contribution is 5.89. The van der Waals surface area contributed by atoms with Crippen LogP contribution in [0.15, 0.2) is 11.6 Å². The monoisotopic (exact) mass is 977 g/mol. The lowest BCUT2D eigenvalue weighted by atomic mass is 9.38. The van der Waals surface area contributed by atoms with Crippen LogP contribution in [-0.2, 0) is 33.2 Å². The Morgan fingerprint density at radius 3 is 1.88 bits per heavy atom. The summed E-state index contributed by atoms with van der Waals surface area (Å²) in [5, 5.41) is 140. The van der Waals surface area contributed by atoms with Gasteiger partial charge in [0.2, 0.25) is 0 Å². The maximum atomic E-state index is 14.9. The predicted molar refractivity (Wildman–Crippen MR) is 235 cm³/mol. The average molecular weight is 977 g/mol. The summed E-state index contributed by atoms with van der Waals surface area (Å²) in [5.41, 5.74) is -2.75. The maximum absolute atomic E-state index is 14.9. The van der Waals surface area contributed by atoms with Gasteiger partial charge in [0, 0.05) is 11.8 Å². The van der Waals surface area contributed by atoms with Gasteiger partial charge in [0.15, 0.2) is 18.9 Å². The summed E-state index contributed by atoms with van der Waals surface area (Å²) in [4.78, 5) is 14.9. The maximum Gasteiger partial charge on any atom is 0.187 e. The average Bonchev–Trinajstić information content (AvgIpc) is 3.56. The minimum atomic E-state index is -1.92. The number of Topliss-reactive ketones (excluding diaryl/α,β-unsaturated/α-hetero) is 1. The standard InChI is InChI=1S/C48H80O20/c1-21(22-14-15-46(6)28-11-9-23-24(10-12-29(52)44(23,2)3)48(28,20-51)30(53)16-47(22,46)7)8-13-31(45(4,5)62)67-43-40(68-42-39(61)36(58)33(55)26(18-50)65-42)37(59)34(56)27(66-43)19-63-41-38(60)35(57)32(54)25(17-49)64-41/h9,21-22,24-29,31-43,49-52,54-62H,8,10-20H2,1-7H3. The first-order chi connectivity index (χ1) is 31.7. The summed E-state index contributed by atoms with van der Waals surface area (Å²) in [5.74, 6) is -0.174. The van der Waals surface area contributed by atoms with Crippen molar-refractivity contribution in [3.05, 3.63) is 11.6 Å². The largest absolute Gasteiger partial charge is 0.395 e. The fraction of sp³-hybridized carbons (Fsp3) is 0.938. The molecule has 3 aliphatic heterocycles. The molecule has 0 bridgehead atoms. The summed E-state index contributed by atoms with van der Waals surface area (Å²) in [6.45, 7) is 11.3. The molecule has 20 nitrogen and oxygen atoms in total. The molecule has 3 heterocycles. The van der Waals surface area contributed by atoms with Crippen molar-refractivity contribution in [2.75, 3.05) is 26.4 Å². The lowest BCUT2D eigenvalue weighted by Crippen LogP contribution is -2.65. The topological polar surface area (TPSA) is 335 Å². The molecule has 68 heavy (non-hydrogen) atoms. The summed E-state index contributed by atoms with van der Waals surface area (Å²) in [6.07, 6.45) is -20.5. The highest BCUT2D eigenvalue weighted by atomic mass is 16.8. The molecule has 6 fully saturated rings. The van der Waals surface area contributed by atoms with Gasteiger partial charge in [-0.25, -0.2) is 0 Å². The summed E-state index contributed by atoms with van der Waals surface area (Å²) >= 11 is 0. The quantitative estimate of drug-likeness (QED) is 0.0799. The molecule has 0 aromatic heterocycles. The van der Waals surface area contributed by atoms with Gasteiger partial charge >= 0.3 is 0 Å². The summed E-state index contributed by atoms with van der Waals surface area (Å²) < 4.78 is 35.4. The Hall–Kier alpha value is -1.35. The van der Waals surface area contributed by atoms with E-state index >= 15 is 0 Å². The van der Waals surface area contributed by atoms with Crippen LogP contribution in [0.2, 0.25) is 0 Å². The Morgan fingerprint density at radius 2 is 1.29 bits per heavy atom. The number of ether oxygens (including phenoxy) is 6. The second kappa shape index (κ2) is 20.2. The van der Waals surface area contributed by atoms with E-state index in [1.54, 1.807) is 0 Å². The van der Waals surface area contributed by atoms with E-state index in [0.29, 0.717) is 25.7 Å². The fourth-order valence-electron chi connectivity index (χ4n) is 13.8. The Morgan fingerprint density at radius 1 is 0.721 bits per heavy atom. The molecule has 392 valence electrons. The zero-order valence-corrected chi connectivity index (χ0v) is 40.4. The van der Waals surface area contributed by atoms with Crippen LogP contribution in [0.25, 0.3) is 0 Å². The number of rotatable bonds is 15. The third-order valence-corrected chi connectivity index (χ3v) is 18.4. The van der Waals surface area contributed by atoms with Gasteiger partial charge in [-0.3, -0.25) is 4.79 Å². The fourth-order valence-corrected chi connectivity index (χ4v) is 13.8. The molecule has 20 heteroatoms. The van der Waals surface area contributed by atoms with Crippen molar-refractivity contribution in [2.24, 2.45) is 45.3 Å². The number of aliphatic hydroxyl groups is 13. The Labute approximate surface area is 397 Å². The smallest absolute Gasteiger partial charge is 0.187 e. The third kappa shape index (κ3) is 9.10. The second-order valence-electron chi connectivity index (χ2n) is 22.8. The highest BCUT2D eigenvalue weighted by Gasteiger charge is 2.72. The first-order valence-corrected chi connectivity index (χ1v) is 24.5. The summed E-state index contributed by atoms with van der Waals surface area (Å²) in [6, 6.07) is 0. The van der Waals surface area contributed by atoms with E-state index in [9.17, 15) is 71.2 Å². The van der Waals surface area contributed by atoms with Crippen molar-refractivity contribution in [3.63, 3.8) is 0 Å². The van der Waals surface area contributed by atoms with Crippen molar-refractivity contribution >= 4 is 5.78 Å². The SMILES string of the molecule is CC(CCC(OC1OC(COC2OC(CO)C(O)C(O)C2O)C(O)C(O)C1OC1OC(CO)C(O)C(O)C1O)C(C)(C)O)C1CCC2(C)C3CC=C4C(CCC(O)C4(C)C)C3(CO)C(=O)CC12C. The lowest BCUT2D eigenvalue weighted by molar-refractivity contribution is -0.380. The van der Waals surface area contributed by atoms with Crippen LogP contribution >= 0.6 is 0 Å². The highest BCUT2D eigenvalue weighted by Crippen LogP contribution is 2.74. The second-order valence-corrected chi connectivity index (χ2v) is 22.8. The van der Waals surface area contributed by atoms with Gasteiger partial charge < -0.3 is 94.8 Å². The van der Waals surface area contributed by atoms with E-state index in [0.717, 1.165) is 18.4 Å². The van der Waals surface area contributed by atoms with Crippen molar-refractivity contribution in [3.8, 4) is 0 Å². The number of hydrogen-bond donors (Lipinski definition) is 13. The first kappa shape index (κ1) is 54.4. The van der Waals surface area contributed by atoms with Crippen LogP contribution in [0.1, 0.15) is 99.8 Å². The van der Waals surface area contributed by atoms with E-state index in [1.807, 2.05) is 13.8 Å². The van der Waals surface area contributed by atoms with Gasteiger partial charge in [0.1, 0.15) is 79.0 Å². The van der Waals surface area contributed by atoms with E-state index < -0.39 is 146 Å². The van der Waals surface area contributed by atoms with Crippen molar-refractivity contribution < 1.29 is 99.6 Å². The zero-order chi connectivity index (χ0) is 50.2. The molecule has 7 aliphatic rings. The molecule has 7 rings (SSSR count). The van der Waals surface area contributed by atoms with Crippen LogP contribution in [0, 0.1) is 45.3 Å². The molecule has 0 aromatic rings. The van der Waals surface area contributed by atoms with Crippen LogP contribution in [0.4, 0.5) is 0 Å². The van der Waals surface area contributed by atoms with Crippen LogP contribution in [0.5, 0.6) is 0 Å². The van der Waals surface area contributed by atoms with Gasteiger partial charge in [-0.05, 0) is 93.3 Å². The molecular weight excluding hydrogens is 897 g/mol. The van der Waals surface area contributed by atoms with E-state index in [-0.39, 0.29) is 54.3 Å². The van der Waals surface area contributed by atoms with Gasteiger partial charge in [0.25, 0.3) is 0 Å². The zero-order valence-electron chi connectivity index (χ0n) is 40.4. The molecule has 13 N–H and O–H groups in total. The van der Waals surface area contributed by atoms with Crippen molar-refractivity contribution in [1.29, 1.82) is 0 Å². The van der Waals surface area contributed by atoms with Gasteiger partial charge in [-0.2, -0.15) is 0 Å². The van der Waals surface area contributed by atoms with Crippen LogP contribution in [0.3, 0.4) is 0 Å². The van der Waals surface area contributed by atoms with Crippen molar-refractivity contribution in [1.82, 2.24) is 0 Å². The Balaban J connectivity index is 1.11. The van der Waals surface area contributed by atoms with E-state index in [4.69, 9.17) is 28.4 Å². The Kier molecular flexibility index (Phi) is 16.1. The number of aliphatic hydroxyl groups excluding tert-OH is 12. The molecular formula is C48H80O20. The molecule has 0 radical (unpaired) electrons. The van der Waals surface area contributed by atoms with E-state index in [1.165, 1.54) is 13.8 Å². The molecule has 0 spiro atoms. The molecule has 4 aliphatic carbocycles. The molecule has 3 saturated heterocycles. The molecule has 24 unspecified atom stereocenters. The minimum Gasteiger partial charge on any atom is -0.395 e. The Bertz CT molecular complexity index is 1770. The molecule has 0 amide bonds. The minimum absolute atomic E-state index is 0.0244.